The number of benzene rings is 1. The molecular formula is C19H25N3O2. The van der Waals surface area contributed by atoms with Gasteiger partial charge >= 0.3 is 0 Å². The zero-order chi connectivity index (χ0) is 16.6. The lowest BCUT2D eigenvalue weighted by molar-refractivity contribution is -0.139. The van der Waals surface area contributed by atoms with Gasteiger partial charge in [0.25, 0.3) is 0 Å². The van der Waals surface area contributed by atoms with Crippen molar-refractivity contribution in [1.29, 1.82) is 0 Å². The van der Waals surface area contributed by atoms with E-state index in [0.29, 0.717) is 32.7 Å². The van der Waals surface area contributed by atoms with Gasteiger partial charge in [-0.15, -0.1) is 0 Å². The van der Waals surface area contributed by atoms with Crippen LogP contribution < -0.4 is 0 Å². The van der Waals surface area contributed by atoms with Crippen LogP contribution in [0.2, 0.25) is 0 Å². The maximum atomic E-state index is 12.4. The van der Waals surface area contributed by atoms with Crippen LogP contribution in [0, 0.1) is 0 Å². The standard InChI is InChI=1S/C19H25N3O2/c23-19(10-13-22-12-5-11-20-22)21-14-15-24-18(16-21)9-4-8-17-6-2-1-3-7-17/h1-3,5-7,11-12,18H,4,8-10,13-16H2/t18-/m1/s1. The molecule has 2 heterocycles. The molecule has 3 rings (SSSR count). The van der Waals surface area contributed by atoms with Crippen molar-refractivity contribution in [2.75, 3.05) is 19.7 Å². The number of carbonyl (C=O) groups is 1. The fraction of sp³-hybridized carbons (Fsp3) is 0.474. The van der Waals surface area contributed by atoms with E-state index in [0.717, 1.165) is 19.3 Å². The summed E-state index contributed by atoms with van der Waals surface area (Å²) in [5.41, 5.74) is 1.36. The minimum Gasteiger partial charge on any atom is -0.375 e. The predicted molar refractivity (Wildman–Crippen MR) is 92.5 cm³/mol. The van der Waals surface area contributed by atoms with Gasteiger partial charge in [0.2, 0.25) is 5.91 Å². The maximum Gasteiger partial charge on any atom is 0.224 e. The van der Waals surface area contributed by atoms with Crippen molar-refractivity contribution in [3.63, 3.8) is 0 Å². The first-order valence-corrected chi connectivity index (χ1v) is 8.72. The molecule has 24 heavy (non-hydrogen) atoms. The Morgan fingerprint density at radius 1 is 1.25 bits per heavy atom. The Balaban J connectivity index is 1.39. The largest absolute Gasteiger partial charge is 0.375 e. The molecule has 0 spiro atoms. The summed E-state index contributed by atoms with van der Waals surface area (Å²) in [6.45, 7) is 2.70. The molecule has 1 saturated heterocycles. The average molecular weight is 327 g/mol. The molecule has 5 nitrogen and oxygen atoms in total. The van der Waals surface area contributed by atoms with Crippen LogP contribution in [-0.4, -0.2) is 46.4 Å². The van der Waals surface area contributed by atoms with Crippen LogP contribution >= 0.6 is 0 Å². The Morgan fingerprint density at radius 3 is 2.92 bits per heavy atom. The Bertz CT molecular complexity index is 613. The second-order valence-electron chi connectivity index (χ2n) is 6.23. The first-order valence-electron chi connectivity index (χ1n) is 8.72. The smallest absolute Gasteiger partial charge is 0.224 e. The van der Waals surface area contributed by atoms with Crippen LogP contribution in [0.4, 0.5) is 0 Å². The molecule has 1 aromatic carbocycles. The van der Waals surface area contributed by atoms with E-state index in [4.69, 9.17) is 4.74 Å². The number of morpholine rings is 1. The topological polar surface area (TPSA) is 47.4 Å². The third kappa shape index (κ3) is 4.93. The van der Waals surface area contributed by atoms with Crippen LogP contribution in [0.5, 0.6) is 0 Å². The van der Waals surface area contributed by atoms with Gasteiger partial charge < -0.3 is 9.64 Å². The molecule has 0 aliphatic carbocycles. The molecule has 1 aromatic heterocycles. The van der Waals surface area contributed by atoms with Crippen LogP contribution in [0.15, 0.2) is 48.8 Å². The van der Waals surface area contributed by atoms with Gasteiger partial charge in [-0.05, 0) is 30.9 Å². The summed E-state index contributed by atoms with van der Waals surface area (Å²) in [6, 6.07) is 12.4. The predicted octanol–water partition coefficient (Wildman–Crippen LogP) is 2.52. The molecule has 0 radical (unpaired) electrons. The van der Waals surface area contributed by atoms with E-state index in [2.05, 4.69) is 29.4 Å². The minimum atomic E-state index is 0.163. The molecule has 1 fully saturated rings. The molecule has 0 N–H and O–H groups in total. The highest BCUT2D eigenvalue weighted by Crippen LogP contribution is 2.14. The van der Waals surface area contributed by atoms with E-state index >= 15 is 0 Å². The molecule has 1 aliphatic rings. The molecule has 2 aromatic rings. The average Bonchev–Trinajstić information content (AvgIpc) is 3.14. The fourth-order valence-electron chi connectivity index (χ4n) is 3.10. The normalized spacial score (nSPS) is 17.8. The van der Waals surface area contributed by atoms with Crippen molar-refractivity contribution in [2.45, 2.75) is 38.3 Å². The summed E-state index contributed by atoms with van der Waals surface area (Å²) in [5.74, 6) is 0.196. The number of nitrogens with zero attached hydrogens (tertiary/aromatic N) is 3. The quantitative estimate of drug-likeness (QED) is 0.785. The Hall–Kier alpha value is -2.14. The third-order valence-electron chi connectivity index (χ3n) is 4.44. The zero-order valence-corrected chi connectivity index (χ0v) is 14.0. The highest BCUT2D eigenvalue weighted by atomic mass is 16.5. The van der Waals surface area contributed by atoms with Gasteiger partial charge in [0.15, 0.2) is 0 Å². The van der Waals surface area contributed by atoms with Gasteiger partial charge in [-0.2, -0.15) is 5.10 Å². The molecule has 1 atom stereocenters. The number of ether oxygens (including phenoxy) is 1. The summed E-state index contributed by atoms with van der Waals surface area (Å²) < 4.78 is 7.64. The molecule has 5 heteroatoms. The van der Waals surface area contributed by atoms with Crippen LogP contribution in [0.3, 0.4) is 0 Å². The van der Waals surface area contributed by atoms with E-state index in [1.165, 1.54) is 5.56 Å². The highest BCUT2D eigenvalue weighted by molar-refractivity contribution is 5.76. The fourth-order valence-corrected chi connectivity index (χ4v) is 3.10. The van der Waals surface area contributed by atoms with E-state index < -0.39 is 0 Å². The van der Waals surface area contributed by atoms with Crippen molar-refractivity contribution in [1.82, 2.24) is 14.7 Å². The number of amides is 1. The van der Waals surface area contributed by atoms with Crippen molar-refractivity contribution in [2.24, 2.45) is 0 Å². The van der Waals surface area contributed by atoms with Crippen molar-refractivity contribution < 1.29 is 9.53 Å². The monoisotopic (exact) mass is 327 g/mol. The zero-order valence-electron chi connectivity index (χ0n) is 14.0. The molecule has 0 bridgehead atoms. The highest BCUT2D eigenvalue weighted by Gasteiger charge is 2.23. The second-order valence-corrected chi connectivity index (χ2v) is 6.23. The van der Waals surface area contributed by atoms with Crippen LogP contribution in [0.25, 0.3) is 0 Å². The number of rotatable bonds is 7. The third-order valence-corrected chi connectivity index (χ3v) is 4.44. The molecule has 0 unspecified atom stereocenters. The number of hydrogen-bond acceptors (Lipinski definition) is 3. The maximum absolute atomic E-state index is 12.4. The summed E-state index contributed by atoms with van der Waals surface area (Å²) in [5, 5.41) is 4.14. The lowest BCUT2D eigenvalue weighted by atomic mass is 10.0. The molecule has 1 amide bonds. The van der Waals surface area contributed by atoms with E-state index in [-0.39, 0.29) is 12.0 Å². The van der Waals surface area contributed by atoms with Gasteiger partial charge in [0, 0.05) is 38.4 Å². The SMILES string of the molecule is O=C(CCn1cccn1)N1CCO[C@H](CCCc2ccccc2)C1. The Kier molecular flexibility index (Phi) is 6.01. The van der Waals surface area contributed by atoms with Gasteiger partial charge in [-0.1, -0.05) is 30.3 Å². The van der Waals surface area contributed by atoms with Crippen molar-refractivity contribution >= 4 is 5.91 Å². The van der Waals surface area contributed by atoms with Crippen molar-refractivity contribution in [3.8, 4) is 0 Å². The van der Waals surface area contributed by atoms with E-state index in [1.54, 1.807) is 10.9 Å². The number of carbonyl (C=O) groups excluding carboxylic acids is 1. The first kappa shape index (κ1) is 16.7. The Morgan fingerprint density at radius 2 is 2.12 bits per heavy atom. The van der Waals surface area contributed by atoms with Gasteiger partial charge in [0.05, 0.1) is 12.7 Å². The Labute approximate surface area is 143 Å². The molecule has 0 saturated carbocycles. The number of hydrogen-bond donors (Lipinski definition) is 0. The lowest BCUT2D eigenvalue weighted by Crippen LogP contribution is -2.45. The van der Waals surface area contributed by atoms with E-state index in [1.807, 2.05) is 23.2 Å². The minimum absolute atomic E-state index is 0.163. The molecule has 1 aliphatic heterocycles. The second kappa shape index (κ2) is 8.64. The van der Waals surface area contributed by atoms with Gasteiger partial charge in [-0.3, -0.25) is 9.48 Å². The first-order chi connectivity index (χ1) is 11.8. The number of aryl methyl sites for hydroxylation is 2. The van der Waals surface area contributed by atoms with Gasteiger partial charge in [0.1, 0.15) is 0 Å². The molecule has 128 valence electrons. The molecular weight excluding hydrogens is 302 g/mol. The van der Waals surface area contributed by atoms with Crippen molar-refractivity contribution in [3.05, 3.63) is 54.4 Å². The van der Waals surface area contributed by atoms with Crippen LogP contribution in [0.1, 0.15) is 24.8 Å². The number of aromatic nitrogens is 2. The lowest BCUT2D eigenvalue weighted by Gasteiger charge is -2.33. The van der Waals surface area contributed by atoms with Crippen LogP contribution in [-0.2, 0) is 22.5 Å². The van der Waals surface area contributed by atoms with Gasteiger partial charge in [-0.25, -0.2) is 0 Å². The summed E-state index contributed by atoms with van der Waals surface area (Å²) in [7, 11) is 0. The summed E-state index contributed by atoms with van der Waals surface area (Å²) in [6.07, 6.45) is 7.44. The summed E-state index contributed by atoms with van der Waals surface area (Å²) in [4.78, 5) is 14.3. The van der Waals surface area contributed by atoms with E-state index in [9.17, 15) is 4.79 Å². The summed E-state index contributed by atoms with van der Waals surface area (Å²) >= 11 is 0.